The van der Waals surface area contributed by atoms with Crippen LogP contribution in [0.15, 0.2) is 67.4 Å². The molecule has 1 aliphatic rings. The molecule has 166 valence electrons. The number of hydrogen-bond donors (Lipinski definition) is 2. The molecule has 3 heterocycles. The molecule has 2 N–H and O–H groups in total. The molecule has 1 amide bonds. The van der Waals surface area contributed by atoms with Crippen LogP contribution in [0.1, 0.15) is 29.7 Å². The Hall–Kier alpha value is -4.07. The smallest absolute Gasteiger partial charge is 0.241 e. The molecular formula is C25H25N7O. The van der Waals surface area contributed by atoms with E-state index in [2.05, 4.69) is 44.5 Å². The largest absolute Gasteiger partial charge is 0.382 e. The fourth-order valence-corrected chi connectivity index (χ4v) is 4.10. The molecule has 3 aromatic heterocycles. The number of allylic oxidation sites excluding steroid dienone is 1. The first kappa shape index (κ1) is 20.8. The van der Waals surface area contributed by atoms with E-state index in [-0.39, 0.29) is 17.9 Å². The summed E-state index contributed by atoms with van der Waals surface area (Å²) < 4.78 is 2.00. The van der Waals surface area contributed by atoms with Crippen LogP contribution in [0.3, 0.4) is 0 Å². The van der Waals surface area contributed by atoms with E-state index >= 15 is 0 Å². The summed E-state index contributed by atoms with van der Waals surface area (Å²) in [6.45, 7) is 0.184. The van der Waals surface area contributed by atoms with Gasteiger partial charge in [0.05, 0.1) is 29.7 Å². The van der Waals surface area contributed by atoms with Crippen molar-refractivity contribution in [1.82, 2.24) is 29.6 Å². The summed E-state index contributed by atoms with van der Waals surface area (Å²) in [5, 5.41) is 12.5. The van der Waals surface area contributed by atoms with E-state index in [1.54, 1.807) is 32.6 Å². The van der Waals surface area contributed by atoms with Crippen molar-refractivity contribution in [1.29, 1.82) is 5.41 Å². The highest BCUT2D eigenvalue weighted by Crippen LogP contribution is 2.53. The lowest BCUT2D eigenvalue weighted by Gasteiger charge is -2.16. The van der Waals surface area contributed by atoms with Crippen LogP contribution in [0, 0.1) is 5.41 Å². The number of pyridine rings is 1. The van der Waals surface area contributed by atoms with Crippen LogP contribution in [0.4, 0.5) is 0 Å². The monoisotopic (exact) mass is 439 g/mol. The van der Waals surface area contributed by atoms with Crippen molar-refractivity contribution in [3.05, 3.63) is 84.2 Å². The average Bonchev–Trinajstić information content (AvgIpc) is 3.53. The van der Waals surface area contributed by atoms with Crippen LogP contribution in [0.2, 0.25) is 0 Å². The Morgan fingerprint density at radius 1 is 1.21 bits per heavy atom. The third kappa shape index (κ3) is 3.84. The molecule has 0 bridgehead atoms. The van der Waals surface area contributed by atoms with Crippen molar-refractivity contribution >= 4 is 28.3 Å². The summed E-state index contributed by atoms with van der Waals surface area (Å²) in [7, 11) is 3.42. The van der Waals surface area contributed by atoms with Gasteiger partial charge in [-0.25, -0.2) is 9.97 Å². The first-order chi connectivity index (χ1) is 16.0. The van der Waals surface area contributed by atoms with E-state index in [1.807, 2.05) is 29.1 Å². The zero-order valence-electron chi connectivity index (χ0n) is 18.6. The van der Waals surface area contributed by atoms with Crippen LogP contribution in [-0.4, -0.2) is 56.5 Å². The number of fused-ring (bicyclic) bond motifs is 2. The number of carbonyl (C=O) groups is 1. The molecule has 8 nitrogen and oxygen atoms in total. The summed E-state index contributed by atoms with van der Waals surface area (Å²) >= 11 is 0. The predicted octanol–water partition coefficient (Wildman–Crippen LogP) is 2.92. The Morgan fingerprint density at radius 3 is 2.82 bits per heavy atom. The van der Waals surface area contributed by atoms with Gasteiger partial charge < -0.3 is 15.6 Å². The highest BCUT2D eigenvalue weighted by atomic mass is 16.2. The average molecular weight is 440 g/mol. The highest BCUT2D eigenvalue weighted by molar-refractivity contribution is 6.06. The predicted molar refractivity (Wildman–Crippen MR) is 127 cm³/mol. The lowest BCUT2D eigenvalue weighted by atomic mass is 9.91. The minimum atomic E-state index is -0.101. The molecule has 0 aliphatic heterocycles. The minimum Gasteiger partial charge on any atom is -0.382 e. The first-order valence-corrected chi connectivity index (χ1v) is 10.9. The van der Waals surface area contributed by atoms with Gasteiger partial charge in [0, 0.05) is 49.1 Å². The van der Waals surface area contributed by atoms with Gasteiger partial charge in [-0.2, -0.15) is 0 Å². The third-order valence-corrected chi connectivity index (χ3v) is 6.19. The van der Waals surface area contributed by atoms with Gasteiger partial charge in [0.15, 0.2) is 0 Å². The Bertz CT molecular complexity index is 1400. The summed E-state index contributed by atoms with van der Waals surface area (Å²) in [5.74, 6) is 0.588. The molecule has 0 saturated heterocycles. The number of likely N-dealkylation sites (N-methyl/N-ethyl adjacent to an activating group) is 1. The Labute approximate surface area is 191 Å². The summed E-state index contributed by atoms with van der Waals surface area (Å²) in [6.07, 6.45) is 12.6. The van der Waals surface area contributed by atoms with Crippen molar-refractivity contribution in [3.8, 4) is 0 Å². The summed E-state index contributed by atoms with van der Waals surface area (Å²) in [5.41, 5.74) is 4.20. The second-order valence-corrected chi connectivity index (χ2v) is 8.57. The lowest BCUT2D eigenvalue weighted by molar-refractivity contribution is -0.127. The van der Waals surface area contributed by atoms with Crippen LogP contribution in [0.25, 0.3) is 16.7 Å². The molecule has 33 heavy (non-hydrogen) atoms. The topological polar surface area (TPSA) is 99.3 Å². The maximum Gasteiger partial charge on any atom is 0.241 e. The van der Waals surface area contributed by atoms with Crippen molar-refractivity contribution in [2.24, 2.45) is 0 Å². The zero-order chi connectivity index (χ0) is 23.0. The van der Waals surface area contributed by atoms with E-state index in [4.69, 9.17) is 5.41 Å². The number of nitrogens with zero attached hydrogens (tertiary/aromatic N) is 5. The molecule has 0 unspecified atom stereocenters. The van der Waals surface area contributed by atoms with E-state index in [1.165, 1.54) is 10.5 Å². The fraction of sp³-hybridized carbons (Fsp3) is 0.240. The van der Waals surface area contributed by atoms with E-state index in [0.29, 0.717) is 17.1 Å². The molecule has 0 spiro atoms. The SMILES string of the molecule is CN(C)C(=O)CN/C=C\C(=N)c1cnc2ncc(C3(c4ccc5ncccc5c4)CC3)n2c1. The van der Waals surface area contributed by atoms with Crippen LogP contribution < -0.4 is 5.32 Å². The highest BCUT2D eigenvalue weighted by Gasteiger charge is 2.48. The Kier molecular flexibility index (Phi) is 5.12. The number of aromatic nitrogens is 4. The molecule has 0 atom stereocenters. The zero-order valence-corrected chi connectivity index (χ0v) is 18.6. The maximum atomic E-state index is 11.7. The molecule has 8 heteroatoms. The quantitative estimate of drug-likeness (QED) is 0.432. The van der Waals surface area contributed by atoms with E-state index in [9.17, 15) is 4.79 Å². The van der Waals surface area contributed by atoms with Crippen LogP contribution in [0.5, 0.6) is 0 Å². The van der Waals surface area contributed by atoms with Gasteiger partial charge in [-0.05, 0) is 48.9 Å². The molecule has 5 rings (SSSR count). The van der Waals surface area contributed by atoms with Crippen molar-refractivity contribution in [2.45, 2.75) is 18.3 Å². The normalized spacial score (nSPS) is 14.6. The van der Waals surface area contributed by atoms with Gasteiger partial charge in [-0.3, -0.25) is 14.2 Å². The maximum absolute atomic E-state index is 11.7. The number of amides is 1. The fourth-order valence-electron chi connectivity index (χ4n) is 4.10. The molecule has 4 aromatic rings. The van der Waals surface area contributed by atoms with Crippen molar-refractivity contribution < 1.29 is 4.79 Å². The molecule has 1 saturated carbocycles. The summed E-state index contributed by atoms with van der Waals surface area (Å²) in [6, 6.07) is 10.5. The van der Waals surface area contributed by atoms with E-state index in [0.717, 1.165) is 29.4 Å². The van der Waals surface area contributed by atoms with Crippen LogP contribution >= 0.6 is 0 Å². The first-order valence-electron chi connectivity index (χ1n) is 10.9. The number of rotatable bonds is 7. The third-order valence-electron chi connectivity index (χ3n) is 6.19. The van der Waals surface area contributed by atoms with Gasteiger partial charge in [0.1, 0.15) is 0 Å². The minimum absolute atomic E-state index is 0.0310. The van der Waals surface area contributed by atoms with Crippen molar-refractivity contribution in [3.63, 3.8) is 0 Å². The molecule has 1 aliphatic carbocycles. The number of benzene rings is 1. The lowest BCUT2D eigenvalue weighted by Crippen LogP contribution is -2.30. The van der Waals surface area contributed by atoms with Gasteiger partial charge in [-0.1, -0.05) is 12.1 Å². The second kappa shape index (κ2) is 8.12. The van der Waals surface area contributed by atoms with Gasteiger partial charge in [0.2, 0.25) is 11.7 Å². The number of nitrogens with one attached hydrogen (secondary N) is 2. The number of carbonyl (C=O) groups excluding carboxylic acids is 1. The molecule has 0 radical (unpaired) electrons. The number of imidazole rings is 1. The molecule has 1 aromatic carbocycles. The molecular weight excluding hydrogens is 414 g/mol. The second-order valence-electron chi connectivity index (χ2n) is 8.57. The number of hydrogen-bond acceptors (Lipinski definition) is 6. The van der Waals surface area contributed by atoms with Gasteiger partial charge >= 0.3 is 0 Å². The Balaban J connectivity index is 1.42. The Morgan fingerprint density at radius 2 is 2.03 bits per heavy atom. The van der Waals surface area contributed by atoms with Crippen molar-refractivity contribution in [2.75, 3.05) is 20.6 Å². The van der Waals surface area contributed by atoms with Gasteiger partial charge in [0.25, 0.3) is 0 Å². The summed E-state index contributed by atoms with van der Waals surface area (Å²) in [4.78, 5) is 26.6. The van der Waals surface area contributed by atoms with Gasteiger partial charge in [-0.15, -0.1) is 0 Å². The molecule has 1 fully saturated rings. The van der Waals surface area contributed by atoms with E-state index < -0.39 is 0 Å². The standard InChI is InChI=1S/C25H25N7O/c1-31(2)23(33)15-27-11-7-20(26)18-13-29-24-30-14-22(32(24)16-18)25(8-9-25)19-5-6-21-17(12-19)4-3-10-28-21/h3-7,10-14,16,26-27H,8-9,15H2,1-2H3/b11-7-,26-20?. The van der Waals surface area contributed by atoms with Crippen LogP contribution in [-0.2, 0) is 10.2 Å².